The van der Waals surface area contributed by atoms with Gasteiger partial charge < -0.3 is 4.90 Å². The fourth-order valence-electron chi connectivity index (χ4n) is 2.11. The van der Waals surface area contributed by atoms with Crippen molar-refractivity contribution in [3.8, 4) is 0 Å². The maximum Gasteiger partial charge on any atom is 0.433 e. The number of hydrogen-bond acceptors (Lipinski definition) is 5. The summed E-state index contributed by atoms with van der Waals surface area (Å²) in [6, 6.07) is 0.961. The number of anilines is 2. The fraction of sp³-hybridized carbons (Fsp3) is 0.636. The van der Waals surface area contributed by atoms with Crippen molar-refractivity contribution in [3.63, 3.8) is 0 Å². The molecule has 1 aromatic rings. The number of hydrazine groups is 1. The van der Waals surface area contributed by atoms with E-state index in [9.17, 15) is 13.2 Å². The lowest BCUT2D eigenvalue weighted by Crippen LogP contribution is -2.25. The van der Waals surface area contributed by atoms with E-state index in [1.54, 1.807) is 0 Å². The zero-order chi connectivity index (χ0) is 14.3. The first kappa shape index (κ1) is 13.9. The van der Waals surface area contributed by atoms with Crippen LogP contribution in [0.1, 0.15) is 26.0 Å². The third kappa shape index (κ3) is 3.06. The Morgan fingerprint density at radius 3 is 2.53 bits per heavy atom. The minimum Gasteiger partial charge on any atom is -0.356 e. The molecule has 0 aromatic carbocycles. The molecular weight excluding hydrogens is 259 g/mol. The van der Waals surface area contributed by atoms with Gasteiger partial charge in [0, 0.05) is 19.2 Å². The van der Waals surface area contributed by atoms with Crippen molar-refractivity contribution in [1.29, 1.82) is 0 Å². The first-order valence-corrected chi connectivity index (χ1v) is 5.89. The van der Waals surface area contributed by atoms with E-state index in [1.165, 1.54) is 0 Å². The molecule has 0 radical (unpaired) electrons. The predicted molar refractivity (Wildman–Crippen MR) is 65.5 cm³/mol. The van der Waals surface area contributed by atoms with Gasteiger partial charge in [0.25, 0.3) is 0 Å². The van der Waals surface area contributed by atoms with Crippen LogP contribution >= 0.6 is 0 Å². The summed E-state index contributed by atoms with van der Waals surface area (Å²) in [4.78, 5) is 9.14. The van der Waals surface area contributed by atoms with Crippen LogP contribution < -0.4 is 16.2 Å². The summed E-state index contributed by atoms with van der Waals surface area (Å²) in [5.41, 5.74) is 1.15. The zero-order valence-electron chi connectivity index (χ0n) is 10.8. The first-order valence-electron chi connectivity index (χ1n) is 5.89. The Morgan fingerprint density at radius 1 is 1.37 bits per heavy atom. The molecule has 0 unspecified atom stereocenters. The van der Waals surface area contributed by atoms with E-state index in [0.717, 1.165) is 12.5 Å². The monoisotopic (exact) mass is 275 g/mol. The highest BCUT2D eigenvalue weighted by Crippen LogP contribution is 2.35. The summed E-state index contributed by atoms with van der Waals surface area (Å²) < 4.78 is 38.2. The third-order valence-electron chi connectivity index (χ3n) is 3.13. The Kier molecular flexibility index (Phi) is 3.29. The number of nitrogens with two attached hydrogens (primary N) is 1. The molecule has 0 atom stereocenters. The van der Waals surface area contributed by atoms with Gasteiger partial charge in [-0.15, -0.1) is 0 Å². The average Bonchev–Trinajstić information content (AvgIpc) is 2.68. The summed E-state index contributed by atoms with van der Waals surface area (Å²) in [5.74, 6) is 5.15. The predicted octanol–water partition coefficient (Wildman–Crippen LogP) is 2.02. The van der Waals surface area contributed by atoms with Crippen molar-refractivity contribution >= 4 is 11.8 Å². The van der Waals surface area contributed by atoms with Crippen LogP contribution in [-0.4, -0.2) is 23.1 Å². The second-order valence-corrected chi connectivity index (χ2v) is 5.41. The average molecular weight is 275 g/mol. The lowest BCUT2D eigenvalue weighted by atomic mass is 9.93. The van der Waals surface area contributed by atoms with Crippen LogP contribution in [0.25, 0.3) is 0 Å². The molecule has 8 heteroatoms. The molecule has 0 bridgehead atoms. The van der Waals surface area contributed by atoms with Gasteiger partial charge in [-0.25, -0.2) is 10.8 Å². The molecule has 1 aliphatic rings. The van der Waals surface area contributed by atoms with Gasteiger partial charge in [0.05, 0.1) is 0 Å². The second-order valence-electron chi connectivity index (χ2n) is 5.41. The van der Waals surface area contributed by atoms with Crippen molar-refractivity contribution in [3.05, 3.63) is 11.8 Å². The molecule has 1 aromatic heterocycles. The van der Waals surface area contributed by atoms with E-state index in [-0.39, 0.29) is 17.2 Å². The molecule has 0 spiro atoms. The minimum absolute atomic E-state index is 0.0691. The SMILES string of the molecule is CC1(C)CCN(c2cc(C(F)(F)F)nc(NN)n2)C1. The molecule has 106 valence electrons. The quantitative estimate of drug-likeness (QED) is 0.638. The molecule has 0 saturated carbocycles. The van der Waals surface area contributed by atoms with Crippen LogP contribution in [0.2, 0.25) is 0 Å². The van der Waals surface area contributed by atoms with Gasteiger partial charge in [0.1, 0.15) is 5.82 Å². The van der Waals surface area contributed by atoms with E-state index in [1.807, 2.05) is 4.90 Å². The normalized spacial score (nSPS) is 18.7. The zero-order valence-corrected chi connectivity index (χ0v) is 10.8. The van der Waals surface area contributed by atoms with Gasteiger partial charge in [-0.05, 0) is 11.8 Å². The lowest BCUT2D eigenvalue weighted by Gasteiger charge is -2.21. The van der Waals surface area contributed by atoms with Gasteiger partial charge in [-0.2, -0.15) is 18.2 Å². The molecule has 3 N–H and O–H groups in total. The van der Waals surface area contributed by atoms with Gasteiger partial charge >= 0.3 is 6.18 Å². The number of hydrogen-bond donors (Lipinski definition) is 2. The minimum atomic E-state index is -4.52. The Balaban J connectivity index is 2.35. The largest absolute Gasteiger partial charge is 0.433 e. The Morgan fingerprint density at radius 2 is 2.05 bits per heavy atom. The van der Waals surface area contributed by atoms with Crippen molar-refractivity contribution < 1.29 is 13.2 Å². The van der Waals surface area contributed by atoms with Crippen LogP contribution in [0.4, 0.5) is 24.9 Å². The van der Waals surface area contributed by atoms with Gasteiger partial charge in [-0.1, -0.05) is 13.8 Å². The maximum absolute atomic E-state index is 12.7. The second kappa shape index (κ2) is 4.52. The van der Waals surface area contributed by atoms with E-state index in [0.29, 0.717) is 13.1 Å². The van der Waals surface area contributed by atoms with E-state index >= 15 is 0 Å². The number of alkyl halides is 3. The molecule has 2 rings (SSSR count). The molecule has 1 saturated heterocycles. The molecule has 1 fully saturated rings. The Bertz CT molecular complexity index is 472. The van der Waals surface area contributed by atoms with Crippen LogP contribution in [-0.2, 0) is 6.18 Å². The maximum atomic E-state index is 12.7. The topological polar surface area (TPSA) is 67.1 Å². The summed E-state index contributed by atoms with van der Waals surface area (Å²) in [6.45, 7) is 5.47. The van der Waals surface area contributed by atoms with Crippen molar-refractivity contribution in [2.75, 3.05) is 23.4 Å². The Hall–Kier alpha value is -1.57. The molecule has 0 amide bonds. The number of rotatable bonds is 2. The van der Waals surface area contributed by atoms with Crippen molar-refractivity contribution in [1.82, 2.24) is 9.97 Å². The molecule has 5 nitrogen and oxygen atoms in total. The van der Waals surface area contributed by atoms with E-state index in [2.05, 4.69) is 29.2 Å². The number of aromatic nitrogens is 2. The van der Waals surface area contributed by atoms with Crippen LogP contribution in [0.3, 0.4) is 0 Å². The van der Waals surface area contributed by atoms with E-state index in [4.69, 9.17) is 5.84 Å². The summed E-state index contributed by atoms with van der Waals surface area (Å²) >= 11 is 0. The van der Waals surface area contributed by atoms with Crippen molar-refractivity contribution in [2.24, 2.45) is 11.3 Å². The van der Waals surface area contributed by atoms with Crippen LogP contribution in [0, 0.1) is 5.41 Å². The highest BCUT2D eigenvalue weighted by molar-refractivity contribution is 5.46. The molecule has 1 aliphatic heterocycles. The summed E-state index contributed by atoms with van der Waals surface area (Å²) in [5, 5.41) is 0. The van der Waals surface area contributed by atoms with Crippen molar-refractivity contribution in [2.45, 2.75) is 26.4 Å². The highest BCUT2D eigenvalue weighted by atomic mass is 19.4. The molecule has 0 aliphatic carbocycles. The lowest BCUT2D eigenvalue weighted by molar-refractivity contribution is -0.141. The molecule has 19 heavy (non-hydrogen) atoms. The van der Waals surface area contributed by atoms with E-state index < -0.39 is 11.9 Å². The number of nitrogen functional groups attached to an aromatic ring is 1. The van der Waals surface area contributed by atoms with Crippen LogP contribution in [0.5, 0.6) is 0 Å². The summed E-state index contributed by atoms with van der Waals surface area (Å²) in [7, 11) is 0. The van der Waals surface area contributed by atoms with Gasteiger partial charge in [0.15, 0.2) is 5.69 Å². The number of nitrogens with one attached hydrogen (secondary N) is 1. The molecular formula is C11H16F3N5. The Labute approximate surface area is 109 Å². The summed E-state index contributed by atoms with van der Waals surface area (Å²) in [6.07, 6.45) is -3.61. The fourth-order valence-corrected chi connectivity index (χ4v) is 2.11. The number of halogens is 3. The standard InChI is InChI=1S/C11H16F3N5/c1-10(2)3-4-19(6-10)8-5-7(11(12,13)14)16-9(17-8)18-15/h5H,3-4,6,15H2,1-2H3,(H,16,17,18). The molecule has 2 heterocycles. The van der Waals surface area contributed by atoms with Gasteiger partial charge in [-0.3, -0.25) is 5.43 Å². The highest BCUT2D eigenvalue weighted by Gasteiger charge is 2.36. The van der Waals surface area contributed by atoms with Gasteiger partial charge in [0.2, 0.25) is 5.95 Å². The third-order valence-corrected chi connectivity index (χ3v) is 3.13. The van der Waals surface area contributed by atoms with Crippen LogP contribution in [0.15, 0.2) is 6.07 Å². The number of nitrogens with zero attached hydrogens (tertiary/aromatic N) is 3. The first-order chi connectivity index (χ1) is 8.71. The smallest absolute Gasteiger partial charge is 0.356 e.